The number of aromatic nitrogens is 1. The van der Waals surface area contributed by atoms with Crippen LogP contribution in [0.15, 0.2) is 18.3 Å². The molecule has 1 saturated carbocycles. The van der Waals surface area contributed by atoms with Crippen molar-refractivity contribution in [2.45, 2.75) is 38.5 Å². The van der Waals surface area contributed by atoms with E-state index >= 15 is 0 Å². The van der Waals surface area contributed by atoms with Crippen LogP contribution in [0.25, 0.3) is 0 Å². The summed E-state index contributed by atoms with van der Waals surface area (Å²) in [5, 5.41) is 0. The van der Waals surface area contributed by atoms with Crippen molar-refractivity contribution >= 4 is 5.78 Å². The summed E-state index contributed by atoms with van der Waals surface area (Å²) in [5.41, 5.74) is 2.27. The van der Waals surface area contributed by atoms with Crippen molar-refractivity contribution in [2.75, 3.05) is 0 Å². The second kappa shape index (κ2) is 3.19. The van der Waals surface area contributed by atoms with Gasteiger partial charge in [-0.05, 0) is 25.0 Å². The van der Waals surface area contributed by atoms with Gasteiger partial charge in [-0.2, -0.15) is 0 Å². The number of carbonyl (C=O) groups excluding carboxylic acids is 1. The van der Waals surface area contributed by atoms with Crippen LogP contribution in [0.1, 0.15) is 37.4 Å². The van der Waals surface area contributed by atoms with E-state index in [9.17, 15) is 4.79 Å². The van der Waals surface area contributed by atoms with Gasteiger partial charge in [-0.15, -0.1) is 0 Å². The Morgan fingerprint density at radius 3 is 2.71 bits per heavy atom. The predicted molar refractivity (Wildman–Crippen MR) is 55.2 cm³/mol. The van der Waals surface area contributed by atoms with Gasteiger partial charge in [0, 0.05) is 30.1 Å². The molecule has 0 aliphatic heterocycles. The van der Waals surface area contributed by atoms with Crippen molar-refractivity contribution in [1.82, 2.24) is 4.98 Å². The lowest BCUT2D eigenvalue weighted by molar-refractivity contribution is -0.117. The van der Waals surface area contributed by atoms with Gasteiger partial charge in [0.05, 0.1) is 0 Å². The minimum atomic E-state index is 0.0395. The van der Waals surface area contributed by atoms with E-state index in [-0.39, 0.29) is 5.41 Å². The van der Waals surface area contributed by atoms with Gasteiger partial charge in [0.25, 0.3) is 0 Å². The third-order valence-corrected chi connectivity index (χ3v) is 3.15. The predicted octanol–water partition coefficient (Wildman–Crippen LogP) is 2.40. The number of rotatable bonds is 1. The van der Waals surface area contributed by atoms with Crippen LogP contribution in [0.5, 0.6) is 0 Å². The number of hydrogen-bond acceptors (Lipinski definition) is 2. The smallest absolute Gasteiger partial charge is 0.133 e. The molecule has 74 valence electrons. The minimum Gasteiger partial charge on any atom is -0.300 e. The number of hydrogen-bond donors (Lipinski definition) is 0. The molecule has 2 heteroatoms. The molecule has 1 atom stereocenters. The van der Waals surface area contributed by atoms with Crippen molar-refractivity contribution in [1.29, 1.82) is 0 Å². The Hall–Kier alpha value is -1.18. The molecule has 1 aliphatic carbocycles. The summed E-state index contributed by atoms with van der Waals surface area (Å²) in [6.45, 7) is 4.14. The van der Waals surface area contributed by atoms with Gasteiger partial charge in [0.2, 0.25) is 0 Å². The van der Waals surface area contributed by atoms with E-state index in [1.807, 2.05) is 19.2 Å². The number of carbonyl (C=O) groups is 1. The van der Waals surface area contributed by atoms with E-state index in [1.54, 1.807) is 0 Å². The number of aryl methyl sites for hydroxylation is 1. The molecule has 0 aromatic carbocycles. The molecule has 0 amide bonds. The van der Waals surface area contributed by atoms with Gasteiger partial charge in [0.1, 0.15) is 5.78 Å². The second-order valence-corrected chi connectivity index (χ2v) is 4.46. The van der Waals surface area contributed by atoms with Crippen LogP contribution in [0, 0.1) is 6.92 Å². The van der Waals surface area contributed by atoms with Gasteiger partial charge in [0.15, 0.2) is 0 Å². The Labute approximate surface area is 84.4 Å². The van der Waals surface area contributed by atoms with Gasteiger partial charge >= 0.3 is 0 Å². The Balaban J connectivity index is 2.30. The molecule has 14 heavy (non-hydrogen) atoms. The summed E-state index contributed by atoms with van der Waals surface area (Å²) in [4.78, 5) is 15.6. The summed E-state index contributed by atoms with van der Waals surface area (Å²) in [6, 6.07) is 4.12. The molecule has 1 aromatic heterocycles. The van der Waals surface area contributed by atoms with Gasteiger partial charge < -0.3 is 0 Å². The largest absolute Gasteiger partial charge is 0.300 e. The molecule has 1 fully saturated rings. The van der Waals surface area contributed by atoms with Crippen LogP contribution in [0.3, 0.4) is 0 Å². The maximum Gasteiger partial charge on any atom is 0.133 e. The quantitative estimate of drug-likeness (QED) is 0.679. The monoisotopic (exact) mass is 189 g/mol. The molecule has 1 unspecified atom stereocenters. The zero-order valence-electron chi connectivity index (χ0n) is 8.71. The maximum atomic E-state index is 11.3. The number of pyridine rings is 1. The van der Waals surface area contributed by atoms with E-state index in [0.717, 1.165) is 18.5 Å². The summed E-state index contributed by atoms with van der Waals surface area (Å²) >= 11 is 0. The fourth-order valence-corrected chi connectivity index (χ4v) is 2.10. The first-order chi connectivity index (χ1) is 6.60. The van der Waals surface area contributed by atoms with E-state index in [4.69, 9.17) is 0 Å². The zero-order chi connectivity index (χ0) is 10.2. The van der Waals surface area contributed by atoms with Crippen LogP contribution in [-0.2, 0) is 10.2 Å². The summed E-state index contributed by atoms with van der Waals surface area (Å²) < 4.78 is 0. The first-order valence-corrected chi connectivity index (χ1v) is 5.05. The minimum absolute atomic E-state index is 0.0395. The molecule has 1 heterocycles. The number of nitrogens with zero attached hydrogens (tertiary/aromatic N) is 1. The van der Waals surface area contributed by atoms with Crippen molar-refractivity contribution in [3.8, 4) is 0 Å². The van der Waals surface area contributed by atoms with Crippen LogP contribution in [0.2, 0.25) is 0 Å². The highest BCUT2D eigenvalue weighted by Gasteiger charge is 2.35. The zero-order valence-corrected chi connectivity index (χ0v) is 8.71. The van der Waals surface area contributed by atoms with Crippen LogP contribution in [0.4, 0.5) is 0 Å². The molecule has 2 nitrogen and oxygen atoms in total. The lowest BCUT2D eigenvalue weighted by Crippen LogP contribution is -2.18. The molecule has 1 aromatic rings. The van der Waals surface area contributed by atoms with Crippen molar-refractivity contribution in [2.24, 2.45) is 0 Å². The lowest BCUT2D eigenvalue weighted by Gasteiger charge is -2.22. The van der Waals surface area contributed by atoms with E-state index in [0.29, 0.717) is 12.2 Å². The van der Waals surface area contributed by atoms with Crippen molar-refractivity contribution in [3.05, 3.63) is 29.6 Å². The third-order valence-electron chi connectivity index (χ3n) is 3.15. The van der Waals surface area contributed by atoms with Crippen molar-refractivity contribution < 1.29 is 4.79 Å². The fourth-order valence-electron chi connectivity index (χ4n) is 2.10. The fraction of sp³-hybridized carbons (Fsp3) is 0.500. The third kappa shape index (κ3) is 1.57. The van der Waals surface area contributed by atoms with Crippen LogP contribution >= 0.6 is 0 Å². The second-order valence-electron chi connectivity index (χ2n) is 4.46. The lowest BCUT2D eigenvalue weighted by atomic mass is 9.82. The molecule has 0 radical (unpaired) electrons. The molecule has 0 spiro atoms. The normalized spacial score (nSPS) is 26.9. The topological polar surface area (TPSA) is 30.0 Å². The summed E-state index contributed by atoms with van der Waals surface area (Å²) in [5.74, 6) is 0.382. The molecule has 2 rings (SSSR count). The van der Waals surface area contributed by atoms with Gasteiger partial charge in [-0.3, -0.25) is 9.78 Å². The highest BCUT2D eigenvalue weighted by Crippen LogP contribution is 2.38. The number of Topliss-reactive ketones (excluding diaryl/α,β-unsaturated/α-hetero) is 1. The van der Waals surface area contributed by atoms with E-state index < -0.39 is 0 Å². The Morgan fingerprint density at radius 1 is 1.43 bits per heavy atom. The summed E-state index contributed by atoms with van der Waals surface area (Å²) in [6.07, 6.45) is 4.28. The molecule has 0 N–H and O–H groups in total. The maximum absolute atomic E-state index is 11.3. The standard InChI is InChI=1S/C12H15NO/c1-9-3-4-10(8-13-9)12(2)6-5-11(14)7-12/h3-4,8H,5-7H2,1-2H3. The Bertz CT molecular complexity index is 355. The SMILES string of the molecule is Cc1ccc(C2(C)CCC(=O)C2)cn1. The molecular formula is C12H15NO. The van der Waals surface area contributed by atoms with Gasteiger partial charge in [-0.25, -0.2) is 0 Å². The summed E-state index contributed by atoms with van der Waals surface area (Å²) in [7, 11) is 0. The van der Waals surface area contributed by atoms with E-state index in [1.165, 1.54) is 5.56 Å². The molecule has 0 bridgehead atoms. The number of ketones is 1. The average molecular weight is 189 g/mol. The Morgan fingerprint density at radius 2 is 2.21 bits per heavy atom. The molecule has 1 aliphatic rings. The first kappa shape index (κ1) is 9.38. The highest BCUT2D eigenvalue weighted by atomic mass is 16.1. The van der Waals surface area contributed by atoms with Gasteiger partial charge in [-0.1, -0.05) is 13.0 Å². The van der Waals surface area contributed by atoms with E-state index in [2.05, 4.69) is 18.0 Å². The van der Waals surface area contributed by atoms with Crippen molar-refractivity contribution in [3.63, 3.8) is 0 Å². The first-order valence-electron chi connectivity index (χ1n) is 5.05. The Kier molecular flexibility index (Phi) is 2.14. The average Bonchev–Trinajstić information content (AvgIpc) is 2.48. The van der Waals surface area contributed by atoms with Crippen LogP contribution < -0.4 is 0 Å². The molecular weight excluding hydrogens is 174 g/mol. The molecule has 0 saturated heterocycles. The van der Waals surface area contributed by atoms with Crippen LogP contribution in [-0.4, -0.2) is 10.8 Å². The highest BCUT2D eigenvalue weighted by molar-refractivity contribution is 5.82.